The molecule has 4 nitrogen and oxygen atoms in total. The van der Waals surface area contributed by atoms with E-state index in [1.54, 1.807) is 0 Å². The normalized spacial score (nSPS) is 20.0. The minimum absolute atomic E-state index is 0.00504. The maximum Gasteiger partial charge on any atom is 0.188 e. The molecule has 0 radical (unpaired) electrons. The summed E-state index contributed by atoms with van der Waals surface area (Å²) in [5.41, 5.74) is 2.44. The van der Waals surface area contributed by atoms with Gasteiger partial charge in [0.05, 0.1) is 0 Å². The molecule has 0 N–H and O–H groups in total. The monoisotopic (exact) mass is 339 g/mol. The van der Waals surface area contributed by atoms with Crippen LogP contribution in [-0.4, -0.2) is 35.7 Å². The fourth-order valence-corrected chi connectivity index (χ4v) is 3.02. The zero-order valence-corrected chi connectivity index (χ0v) is 14.9. The third-order valence-electron chi connectivity index (χ3n) is 4.27. The van der Waals surface area contributed by atoms with Gasteiger partial charge in [0.2, 0.25) is 0 Å². The molecule has 0 spiro atoms. The Morgan fingerprint density at radius 1 is 0.960 bits per heavy atom. The van der Waals surface area contributed by atoms with E-state index in [4.69, 9.17) is 9.47 Å². The van der Waals surface area contributed by atoms with Crippen molar-refractivity contribution in [2.24, 2.45) is 0 Å². The lowest BCUT2D eigenvalue weighted by Gasteiger charge is -2.37. The van der Waals surface area contributed by atoms with Gasteiger partial charge in [0.25, 0.3) is 0 Å². The van der Waals surface area contributed by atoms with Gasteiger partial charge < -0.3 is 9.47 Å². The van der Waals surface area contributed by atoms with Crippen LogP contribution in [-0.2, 0) is 27.4 Å². The van der Waals surface area contributed by atoms with Gasteiger partial charge in [-0.15, -0.1) is 0 Å². The maximum atomic E-state index is 12.2. The molecule has 0 saturated carbocycles. The highest BCUT2D eigenvalue weighted by Gasteiger charge is 2.36. The smallest absolute Gasteiger partial charge is 0.188 e. The van der Waals surface area contributed by atoms with Crippen LogP contribution in [0.2, 0.25) is 0 Å². The minimum Gasteiger partial charge on any atom is -0.343 e. The SMILES string of the molecule is CC1(C)OCC(=O)[C@H](CN(Cc2ccccc2)Cc2ccccc2)O1. The van der Waals surface area contributed by atoms with E-state index >= 15 is 0 Å². The lowest BCUT2D eigenvalue weighted by atomic mass is 10.1. The summed E-state index contributed by atoms with van der Waals surface area (Å²) in [7, 11) is 0. The van der Waals surface area contributed by atoms with E-state index in [9.17, 15) is 4.79 Å². The molecule has 0 bridgehead atoms. The Bertz CT molecular complexity index is 643. The molecule has 1 aliphatic heterocycles. The Morgan fingerprint density at radius 2 is 1.48 bits per heavy atom. The molecule has 0 aromatic heterocycles. The van der Waals surface area contributed by atoms with E-state index in [-0.39, 0.29) is 12.4 Å². The lowest BCUT2D eigenvalue weighted by molar-refractivity contribution is -0.260. The molecule has 25 heavy (non-hydrogen) atoms. The molecular formula is C21H25NO3. The predicted molar refractivity (Wildman–Crippen MR) is 96.9 cm³/mol. The Labute approximate surface area is 149 Å². The number of hydrogen-bond acceptors (Lipinski definition) is 4. The average Bonchev–Trinajstić information content (AvgIpc) is 2.60. The molecule has 1 saturated heterocycles. The van der Waals surface area contributed by atoms with Crippen LogP contribution in [0.25, 0.3) is 0 Å². The first-order valence-corrected chi connectivity index (χ1v) is 8.66. The van der Waals surface area contributed by atoms with Gasteiger partial charge in [-0.05, 0) is 25.0 Å². The summed E-state index contributed by atoms with van der Waals surface area (Å²) in [6.45, 7) is 5.91. The minimum atomic E-state index is -0.719. The maximum absolute atomic E-state index is 12.2. The number of carbonyl (C=O) groups is 1. The highest BCUT2D eigenvalue weighted by molar-refractivity contribution is 5.85. The van der Waals surface area contributed by atoms with Gasteiger partial charge in [-0.3, -0.25) is 9.69 Å². The topological polar surface area (TPSA) is 38.8 Å². The number of carbonyl (C=O) groups excluding carboxylic acids is 1. The number of hydrogen-bond donors (Lipinski definition) is 0. The van der Waals surface area contributed by atoms with Crippen molar-refractivity contribution in [3.05, 3.63) is 71.8 Å². The number of rotatable bonds is 6. The summed E-state index contributed by atoms with van der Waals surface area (Å²) < 4.78 is 11.3. The van der Waals surface area contributed by atoms with Crippen molar-refractivity contribution < 1.29 is 14.3 Å². The highest BCUT2D eigenvalue weighted by atomic mass is 16.7. The molecule has 1 aliphatic rings. The van der Waals surface area contributed by atoms with Crippen molar-refractivity contribution in [2.45, 2.75) is 38.8 Å². The van der Waals surface area contributed by atoms with Crippen molar-refractivity contribution in [1.82, 2.24) is 4.90 Å². The largest absolute Gasteiger partial charge is 0.343 e. The van der Waals surface area contributed by atoms with Crippen LogP contribution in [0, 0.1) is 0 Å². The van der Waals surface area contributed by atoms with Crippen LogP contribution in [0.15, 0.2) is 60.7 Å². The number of benzene rings is 2. The zero-order valence-electron chi connectivity index (χ0n) is 14.9. The Kier molecular flexibility index (Phi) is 5.63. The third kappa shape index (κ3) is 5.23. The molecule has 2 aromatic carbocycles. The van der Waals surface area contributed by atoms with Crippen LogP contribution >= 0.6 is 0 Å². The van der Waals surface area contributed by atoms with Crippen LogP contribution in [0.3, 0.4) is 0 Å². The van der Waals surface area contributed by atoms with E-state index in [0.29, 0.717) is 6.54 Å². The van der Waals surface area contributed by atoms with Crippen molar-refractivity contribution in [2.75, 3.05) is 13.2 Å². The molecule has 0 unspecified atom stereocenters. The van der Waals surface area contributed by atoms with E-state index < -0.39 is 11.9 Å². The average molecular weight is 339 g/mol. The van der Waals surface area contributed by atoms with Crippen molar-refractivity contribution >= 4 is 5.78 Å². The molecule has 1 heterocycles. The van der Waals surface area contributed by atoms with Crippen molar-refractivity contribution in [1.29, 1.82) is 0 Å². The quantitative estimate of drug-likeness (QED) is 0.808. The van der Waals surface area contributed by atoms with E-state index in [1.807, 2.05) is 50.2 Å². The highest BCUT2D eigenvalue weighted by Crippen LogP contribution is 2.22. The molecular weight excluding hydrogens is 314 g/mol. The Hall–Kier alpha value is -2.01. The number of ketones is 1. The molecule has 3 rings (SSSR count). The second-order valence-corrected chi connectivity index (χ2v) is 6.90. The predicted octanol–water partition coefficient (Wildman–Crippen LogP) is 3.41. The first kappa shape index (κ1) is 17.8. The summed E-state index contributed by atoms with van der Waals surface area (Å²) in [5, 5.41) is 0. The number of Topliss-reactive ketones (excluding diaryl/α,β-unsaturated/α-hetero) is 1. The molecule has 2 aromatic rings. The summed E-state index contributed by atoms with van der Waals surface area (Å²) in [6, 6.07) is 20.6. The number of nitrogens with zero attached hydrogens (tertiary/aromatic N) is 1. The van der Waals surface area contributed by atoms with Crippen LogP contribution in [0.1, 0.15) is 25.0 Å². The molecule has 1 fully saturated rings. The molecule has 0 aliphatic carbocycles. The molecule has 1 atom stereocenters. The molecule has 4 heteroatoms. The first-order valence-electron chi connectivity index (χ1n) is 8.66. The fraction of sp³-hybridized carbons (Fsp3) is 0.381. The third-order valence-corrected chi connectivity index (χ3v) is 4.27. The van der Waals surface area contributed by atoms with Crippen molar-refractivity contribution in [3.63, 3.8) is 0 Å². The summed E-state index contributed by atoms with van der Waals surface area (Å²) >= 11 is 0. The lowest BCUT2D eigenvalue weighted by Crippen LogP contribution is -2.50. The van der Waals surface area contributed by atoms with Gasteiger partial charge in [0.15, 0.2) is 11.6 Å². The summed E-state index contributed by atoms with van der Waals surface area (Å²) in [4.78, 5) is 14.5. The Balaban J connectivity index is 1.74. The first-order chi connectivity index (χ1) is 12.0. The van der Waals surface area contributed by atoms with Gasteiger partial charge in [0, 0.05) is 19.6 Å². The van der Waals surface area contributed by atoms with Crippen LogP contribution < -0.4 is 0 Å². The number of ether oxygens (including phenoxy) is 2. The van der Waals surface area contributed by atoms with Gasteiger partial charge in [-0.1, -0.05) is 60.7 Å². The van der Waals surface area contributed by atoms with Crippen LogP contribution in [0.4, 0.5) is 0 Å². The fourth-order valence-electron chi connectivity index (χ4n) is 3.02. The van der Waals surface area contributed by atoms with E-state index in [1.165, 1.54) is 11.1 Å². The Morgan fingerprint density at radius 3 is 2.00 bits per heavy atom. The summed E-state index contributed by atoms with van der Waals surface area (Å²) in [6.07, 6.45) is -0.462. The van der Waals surface area contributed by atoms with E-state index in [0.717, 1.165) is 13.1 Å². The summed E-state index contributed by atoms with van der Waals surface area (Å²) in [5.74, 6) is -0.713. The van der Waals surface area contributed by atoms with E-state index in [2.05, 4.69) is 29.2 Å². The second-order valence-electron chi connectivity index (χ2n) is 6.90. The van der Waals surface area contributed by atoms with Crippen molar-refractivity contribution in [3.8, 4) is 0 Å². The van der Waals surface area contributed by atoms with Gasteiger partial charge in [-0.25, -0.2) is 0 Å². The van der Waals surface area contributed by atoms with Gasteiger partial charge in [0.1, 0.15) is 12.7 Å². The van der Waals surface area contributed by atoms with Gasteiger partial charge in [-0.2, -0.15) is 0 Å². The standard InChI is InChI=1S/C21H25NO3/c1-21(2)24-16-19(23)20(25-21)15-22(13-17-9-5-3-6-10-17)14-18-11-7-4-8-12-18/h3-12,20H,13-16H2,1-2H3/t20-/m0/s1. The zero-order chi connectivity index (χ0) is 17.7. The van der Waals surface area contributed by atoms with Gasteiger partial charge >= 0.3 is 0 Å². The molecule has 132 valence electrons. The molecule has 0 amide bonds. The second kappa shape index (κ2) is 7.91. The van der Waals surface area contributed by atoms with Crippen LogP contribution in [0.5, 0.6) is 0 Å².